The molecule has 5 nitrogen and oxygen atoms in total. The van der Waals surface area contributed by atoms with Crippen LogP contribution in [0.25, 0.3) is 0 Å². The van der Waals surface area contributed by atoms with Gasteiger partial charge in [0.25, 0.3) is 0 Å². The molecule has 0 rings (SSSR count). The predicted octanol–water partition coefficient (Wildman–Crippen LogP) is 17.7. The van der Waals surface area contributed by atoms with Crippen molar-refractivity contribution in [3.63, 3.8) is 0 Å². The minimum absolute atomic E-state index is 0.0104. The van der Waals surface area contributed by atoms with E-state index in [1.54, 1.807) is 6.08 Å². The van der Waals surface area contributed by atoms with Crippen molar-refractivity contribution in [3.8, 4) is 0 Å². The number of aliphatic hydroxyl groups is 3. The molecular formula is C58H113NO4. The fraction of sp³-hybridized carbons (Fsp3) is 0.914. The Kier molecular flexibility index (Phi) is 52.5. The molecule has 0 aliphatic carbocycles. The van der Waals surface area contributed by atoms with Crippen LogP contribution in [0.4, 0.5) is 0 Å². The van der Waals surface area contributed by atoms with E-state index in [2.05, 4.69) is 31.3 Å². The summed E-state index contributed by atoms with van der Waals surface area (Å²) in [6, 6.07) is -0.759. The molecule has 3 atom stereocenters. The second-order valence-corrected chi connectivity index (χ2v) is 19.9. The molecule has 0 aromatic rings. The number of amides is 1. The smallest absolute Gasteiger partial charge is 0.222 e. The molecule has 3 unspecified atom stereocenters. The lowest BCUT2D eigenvalue weighted by molar-refractivity contribution is -0.124. The van der Waals surface area contributed by atoms with Crippen molar-refractivity contribution in [2.75, 3.05) is 6.61 Å². The van der Waals surface area contributed by atoms with Crippen LogP contribution in [0.1, 0.15) is 316 Å². The van der Waals surface area contributed by atoms with Crippen molar-refractivity contribution in [2.24, 2.45) is 0 Å². The van der Waals surface area contributed by atoms with Crippen LogP contribution in [0, 0.1) is 0 Å². The molecule has 5 heteroatoms. The SMILES string of the molecule is CCCCCCCCCCCCCCC/C=C/CC/C=C/C(O)C(CO)NC(=O)CC(O)CCCCCCCCCCCCCCCCCCCCCCCCCCCCCCC. The third-order valence-corrected chi connectivity index (χ3v) is 13.5. The Bertz CT molecular complexity index is 936. The number of hydrogen-bond acceptors (Lipinski definition) is 4. The van der Waals surface area contributed by atoms with Crippen LogP contribution in [0.15, 0.2) is 24.3 Å². The first-order valence-electron chi connectivity index (χ1n) is 28.6. The minimum atomic E-state index is -0.950. The summed E-state index contributed by atoms with van der Waals surface area (Å²) >= 11 is 0. The van der Waals surface area contributed by atoms with Gasteiger partial charge in [-0.2, -0.15) is 0 Å². The number of nitrogens with one attached hydrogen (secondary N) is 1. The molecule has 4 N–H and O–H groups in total. The van der Waals surface area contributed by atoms with Crippen molar-refractivity contribution >= 4 is 5.91 Å². The van der Waals surface area contributed by atoms with Gasteiger partial charge in [0, 0.05) is 0 Å². The molecule has 0 aromatic heterocycles. The van der Waals surface area contributed by atoms with E-state index < -0.39 is 18.2 Å². The van der Waals surface area contributed by atoms with E-state index in [-0.39, 0.29) is 18.9 Å². The molecule has 0 aromatic carbocycles. The van der Waals surface area contributed by atoms with Crippen molar-refractivity contribution in [1.29, 1.82) is 0 Å². The lowest BCUT2D eigenvalue weighted by Gasteiger charge is -2.21. The highest BCUT2D eigenvalue weighted by Crippen LogP contribution is 2.18. The molecule has 0 aliphatic rings. The van der Waals surface area contributed by atoms with E-state index in [0.717, 1.165) is 32.1 Å². The number of carbonyl (C=O) groups is 1. The quantitative estimate of drug-likeness (QED) is 0.0362. The number of hydrogen-bond donors (Lipinski definition) is 4. The Hall–Kier alpha value is -1.17. The Balaban J connectivity index is 3.54. The van der Waals surface area contributed by atoms with Gasteiger partial charge in [-0.3, -0.25) is 4.79 Å². The molecular weight excluding hydrogens is 775 g/mol. The lowest BCUT2D eigenvalue weighted by Crippen LogP contribution is -2.45. The Morgan fingerprint density at radius 3 is 1.02 bits per heavy atom. The maximum Gasteiger partial charge on any atom is 0.222 e. The van der Waals surface area contributed by atoms with Crippen LogP contribution in [0.5, 0.6) is 0 Å². The van der Waals surface area contributed by atoms with Gasteiger partial charge in [0.15, 0.2) is 0 Å². The van der Waals surface area contributed by atoms with Gasteiger partial charge < -0.3 is 20.6 Å². The van der Waals surface area contributed by atoms with Crippen molar-refractivity contribution < 1.29 is 20.1 Å². The van der Waals surface area contributed by atoms with Crippen molar-refractivity contribution in [3.05, 3.63) is 24.3 Å². The first-order valence-corrected chi connectivity index (χ1v) is 28.6. The van der Waals surface area contributed by atoms with Gasteiger partial charge in [-0.25, -0.2) is 0 Å². The summed E-state index contributed by atoms with van der Waals surface area (Å²) < 4.78 is 0. The van der Waals surface area contributed by atoms with Crippen molar-refractivity contribution in [2.45, 2.75) is 334 Å². The molecule has 0 aliphatic heterocycles. The van der Waals surface area contributed by atoms with E-state index in [9.17, 15) is 20.1 Å². The summed E-state index contributed by atoms with van der Waals surface area (Å²) in [6.07, 6.45) is 68.1. The van der Waals surface area contributed by atoms with Gasteiger partial charge in [-0.1, -0.05) is 301 Å². The van der Waals surface area contributed by atoms with E-state index in [4.69, 9.17) is 0 Å². The molecule has 0 fully saturated rings. The minimum Gasteiger partial charge on any atom is -0.394 e. The van der Waals surface area contributed by atoms with Crippen LogP contribution in [0.3, 0.4) is 0 Å². The standard InChI is InChI=1S/C58H113NO4/c1-3-5-7-9-11-13-15-17-19-21-23-24-25-26-27-28-29-30-31-32-34-35-37-39-41-43-45-47-49-51-55(61)53-58(63)59-56(54-60)57(62)52-50-48-46-44-42-40-38-36-33-22-20-18-16-14-12-10-8-6-4-2/h42,44,50,52,55-57,60-62H,3-41,43,45-49,51,53-54H2,1-2H3,(H,59,63)/b44-42+,52-50+. The molecule has 1 amide bonds. The average Bonchev–Trinajstić information content (AvgIpc) is 3.28. The zero-order valence-electron chi connectivity index (χ0n) is 42.7. The van der Waals surface area contributed by atoms with Crippen LogP contribution < -0.4 is 5.32 Å². The molecule has 63 heavy (non-hydrogen) atoms. The molecule has 0 bridgehead atoms. The summed E-state index contributed by atoms with van der Waals surface area (Å²) in [5, 5.41) is 33.4. The van der Waals surface area contributed by atoms with Gasteiger partial charge >= 0.3 is 0 Å². The highest BCUT2D eigenvalue weighted by molar-refractivity contribution is 5.76. The molecule has 0 spiro atoms. The fourth-order valence-corrected chi connectivity index (χ4v) is 9.12. The topological polar surface area (TPSA) is 89.8 Å². The van der Waals surface area contributed by atoms with Crippen molar-refractivity contribution in [1.82, 2.24) is 5.32 Å². The Morgan fingerprint density at radius 1 is 0.397 bits per heavy atom. The summed E-state index contributed by atoms with van der Waals surface area (Å²) in [4.78, 5) is 12.5. The molecule has 0 heterocycles. The fourth-order valence-electron chi connectivity index (χ4n) is 9.12. The normalized spacial score (nSPS) is 13.4. The number of unbranched alkanes of at least 4 members (excludes halogenated alkanes) is 42. The number of rotatable bonds is 53. The largest absolute Gasteiger partial charge is 0.394 e. The number of allylic oxidation sites excluding steroid dienone is 3. The Morgan fingerprint density at radius 2 is 0.683 bits per heavy atom. The molecule has 0 saturated carbocycles. The van der Waals surface area contributed by atoms with E-state index in [1.807, 2.05) is 6.08 Å². The second kappa shape index (κ2) is 53.4. The first-order chi connectivity index (χ1) is 31.0. The monoisotopic (exact) mass is 888 g/mol. The summed E-state index contributed by atoms with van der Waals surface area (Å²) in [5.74, 6) is -0.319. The third kappa shape index (κ3) is 50.1. The summed E-state index contributed by atoms with van der Waals surface area (Å²) in [5.41, 5.74) is 0. The highest BCUT2D eigenvalue weighted by Gasteiger charge is 2.20. The maximum atomic E-state index is 12.5. The second-order valence-electron chi connectivity index (χ2n) is 19.9. The molecule has 0 radical (unpaired) electrons. The van der Waals surface area contributed by atoms with Gasteiger partial charge in [0.1, 0.15) is 0 Å². The van der Waals surface area contributed by atoms with Crippen LogP contribution >= 0.6 is 0 Å². The average molecular weight is 889 g/mol. The van der Waals surface area contributed by atoms with E-state index in [0.29, 0.717) is 6.42 Å². The van der Waals surface area contributed by atoms with Gasteiger partial charge in [-0.15, -0.1) is 0 Å². The number of carbonyl (C=O) groups excluding carboxylic acids is 1. The van der Waals surface area contributed by atoms with Gasteiger partial charge in [0.05, 0.1) is 31.3 Å². The van der Waals surface area contributed by atoms with Crippen LogP contribution in [-0.2, 0) is 4.79 Å². The Labute approximate surface area is 394 Å². The number of aliphatic hydroxyl groups excluding tert-OH is 3. The van der Waals surface area contributed by atoms with Crippen LogP contribution in [0.2, 0.25) is 0 Å². The maximum absolute atomic E-state index is 12.5. The first kappa shape index (κ1) is 61.8. The third-order valence-electron chi connectivity index (χ3n) is 13.5. The zero-order valence-corrected chi connectivity index (χ0v) is 42.7. The van der Waals surface area contributed by atoms with Gasteiger partial charge in [0.2, 0.25) is 5.91 Å². The summed E-state index contributed by atoms with van der Waals surface area (Å²) in [7, 11) is 0. The van der Waals surface area contributed by atoms with Gasteiger partial charge in [-0.05, 0) is 32.1 Å². The zero-order chi connectivity index (χ0) is 45.8. The lowest BCUT2D eigenvalue weighted by atomic mass is 10.0. The van der Waals surface area contributed by atoms with E-state index in [1.165, 1.54) is 257 Å². The molecule has 0 saturated heterocycles. The predicted molar refractivity (Wildman–Crippen MR) is 278 cm³/mol. The summed E-state index contributed by atoms with van der Waals surface area (Å²) in [6.45, 7) is 4.24. The van der Waals surface area contributed by atoms with E-state index >= 15 is 0 Å². The highest BCUT2D eigenvalue weighted by atomic mass is 16.3. The van der Waals surface area contributed by atoms with Crippen LogP contribution in [-0.4, -0.2) is 46.1 Å². The molecule has 374 valence electrons.